The summed E-state index contributed by atoms with van der Waals surface area (Å²) in [5, 5.41) is 0.952. The van der Waals surface area contributed by atoms with Crippen molar-refractivity contribution in [3.05, 3.63) is 41.6 Å². The van der Waals surface area contributed by atoms with Crippen molar-refractivity contribution in [2.75, 3.05) is 19.7 Å². The molecule has 1 fully saturated rings. The Morgan fingerprint density at radius 1 is 1.28 bits per heavy atom. The van der Waals surface area contributed by atoms with Crippen molar-refractivity contribution in [2.45, 2.75) is 33.1 Å². The zero-order valence-electron chi connectivity index (χ0n) is 14.8. The molecule has 1 aromatic carbocycles. The number of rotatable bonds is 7. The Morgan fingerprint density at radius 3 is 2.76 bits per heavy atom. The number of aromatic nitrogens is 1. The Morgan fingerprint density at radius 2 is 2.04 bits per heavy atom. The van der Waals surface area contributed by atoms with Crippen LogP contribution in [-0.4, -0.2) is 41.5 Å². The van der Waals surface area contributed by atoms with Crippen LogP contribution in [0.5, 0.6) is 0 Å². The maximum absolute atomic E-state index is 13.1. The van der Waals surface area contributed by atoms with Gasteiger partial charge in [0.15, 0.2) is 0 Å². The number of esters is 1. The smallest absolute Gasteiger partial charge is 0.307 e. The highest BCUT2D eigenvalue weighted by atomic mass is 16.5. The highest BCUT2D eigenvalue weighted by Gasteiger charge is 2.28. The lowest BCUT2D eigenvalue weighted by Gasteiger charge is -2.23. The zero-order chi connectivity index (χ0) is 17.8. The molecule has 0 atom stereocenters. The predicted molar refractivity (Wildman–Crippen MR) is 96.4 cm³/mol. The molecule has 2 aromatic rings. The van der Waals surface area contributed by atoms with E-state index in [-0.39, 0.29) is 18.3 Å². The number of hydrogen-bond acceptors (Lipinski definition) is 4. The summed E-state index contributed by atoms with van der Waals surface area (Å²) < 4.78 is 4.99. The summed E-state index contributed by atoms with van der Waals surface area (Å²) in [6.45, 7) is 5.10. The van der Waals surface area contributed by atoms with Gasteiger partial charge >= 0.3 is 5.97 Å². The van der Waals surface area contributed by atoms with Gasteiger partial charge in [-0.15, -0.1) is 0 Å². The molecule has 1 aromatic heterocycles. The fourth-order valence-electron chi connectivity index (χ4n) is 2.95. The number of para-hydroxylation sites is 1. The number of benzene rings is 1. The lowest BCUT2D eigenvalue weighted by Crippen LogP contribution is -2.35. The maximum Gasteiger partial charge on any atom is 0.307 e. The molecule has 0 bridgehead atoms. The van der Waals surface area contributed by atoms with Gasteiger partial charge in [-0.25, -0.2) is 0 Å². The fraction of sp³-hybridized carbons (Fsp3) is 0.450. The molecule has 3 rings (SSSR count). The van der Waals surface area contributed by atoms with Gasteiger partial charge in [0.1, 0.15) is 0 Å². The summed E-state index contributed by atoms with van der Waals surface area (Å²) in [6, 6.07) is 9.69. The van der Waals surface area contributed by atoms with Crippen molar-refractivity contribution < 1.29 is 14.3 Å². The Bertz CT molecular complexity index is 784. The normalized spacial score (nSPS) is 13.7. The van der Waals surface area contributed by atoms with Gasteiger partial charge in [-0.05, 0) is 44.7 Å². The minimum absolute atomic E-state index is 0.0491. The minimum Gasteiger partial charge on any atom is -0.466 e. The van der Waals surface area contributed by atoms with Gasteiger partial charge in [0.2, 0.25) is 0 Å². The summed E-state index contributed by atoms with van der Waals surface area (Å²) in [5.41, 5.74) is 2.22. The first-order valence-corrected chi connectivity index (χ1v) is 8.89. The SMILES string of the molecule is CCOC(=O)CCN(CC1CC1)C(=O)c1cc2ccccc2nc1C. The molecule has 1 saturated carbocycles. The molecule has 0 spiro atoms. The molecule has 5 heteroatoms. The van der Waals surface area contributed by atoms with E-state index in [4.69, 9.17) is 4.74 Å². The van der Waals surface area contributed by atoms with Gasteiger partial charge in [-0.3, -0.25) is 14.6 Å². The summed E-state index contributed by atoms with van der Waals surface area (Å²) in [4.78, 5) is 31.1. The molecule has 1 amide bonds. The van der Waals surface area contributed by atoms with Crippen LogP contribution in [0.4, 0.5) is 0 Å². The van der Waals surface area contributed by atoms with Crippen LogP contribution in [0.1, 0.15) is 42.2 Å². The second-order valence-corrected chi connectivity index (χ2v) is 6.56. The van der Waals surface area contributed by atoms with Gasteiger partial charge in [-0.1, -0.05) is 18.2 Å². The van der Waals surface area contributed by atoms with Crippen molar-refractivity contribution in [3.8, 4) is 0 Å². The van der Waals surface area contributed by atoms with Crippen LogP contribution in [0.3, 0.4) is 0 Å². The Kier molecular flexibility index (Phi) is 5.31. The van der Waals surface area contributed by atoms with Gasteiger partial charge in [-0.2, -0.15) is 0 Å². The highest BCUT2D eigenvalue weighted by molar-refractivity contribution is 5.98. The van der Waals surface area contributed by atoms with Crippen LogP contribution in [0.15, 0.2) is 30.3 Å². The first-order chi connectivity index (χ1) is 12.1. The molecule has 25 heavy (non-hydrogen) atoms. The number of carbonyl (C=O) groups excluding carboxylic acids is 2. The minimum atomic E-state index is -0.260. The van der Waals surface area contributed by atoms with Gasteiger partial charge in [0.05, 0.1) is 29.8 Å². The first-order valence-electron chi connectivity index (χ1n) is 8.89. The third-order valence-corrected chi connectivity index (χ3v) is 4.50. The van der Waals surface area contributed by atoms with Gasteiger partial charge in [0, 0.05) is 18.5 Å². The van der Waals surface area contributed by atoms with Crippen LogP contribution in [0.2, 0.25) is 0 Å². The number of carbonyl (C=O) groups is 2. The average Bonchev–Trinajstić information content (AvgIpc) is 3.41. The van der Waals surface area contributed by atoms with Crippen LogP contribution in [0, 0.1) is 12.8 Å². The zero-order valence-corrected chi connectivity index (χ0v) is 14.8. The van der Waals surface area contributed by atoms with E-state index in [1.165, 1.54) is 0 Å². The average molecular weight is 340 g/mol. The van der Waals surface area contributed by atoms with Crippen LogP contribution >= 0.6 is 0 Å². The van der Waals surface area contributed by atoms with Crippen molar-refractivity contribution in [1.82, 2.24) is 9.88 Å². The van der Waals surface area contributed by atoms with Crippen molar-refractivity contribution in [2.24, 2.45) is 5.92 Å². The van der Waals surface area contributed by atoms with Crippen LogP contribution in [0.25, 0.3) is 10.9 Å². The summed E-state index contributed by atoms with van der Waals surface area (Å²) in [6.07, 6.45) is 2.53. The molecule has 0 saturated heterocycles. The number of pyridine rings is 1. The van der Waals surface area contributed by atoms with E-state index < -0.39 is 0 Å². The summed E-state index contributed by atoms with van der Waals surface area (Å²) >= 11 is 0. The molecule has 0 radical (unpaired) electrons. The van der Waals surface area contributed by atoms with E-state index in [1.54, 1.807) is 11.8 Å². The summed E-state index contributed by atoms with van der Waals surface area (Å²) in [5.74, 6) is 0.247. The Balaban J connectivity index is 1.81. The third kappa shape index (κ3) is 4.35. The van der Waals surface area contributed by atoms with Gasteiger partial charge in [0.25, 0.3) is 5.91 Å². The molecule has 1 heterocycles. The third-order valence-electron chi connectivity index (χ3n) is 4.50. The topological polar surface area (TPSA) is 59.5 Å². The molecule has 132 valence electrons. The Hall–Kier alpha value is -2.43. The second kappa shape index (κ2) is 7.64. The van der Waals surface area contributed by atoms with Crippen LogP contribution < -0.4 is 0 Å². The Labute approximate surface area is 148 Å². The van der Waals surface area contributed by atoms with E-state index in [9.17, 15) is 9.59 Å². The number of fused-ring (bicyclic) bond motifs is 1. The molecule has 0 aliphatic heterocycles. The van der Waals surface area contributed by atoms with Crippen molar-refractivity contribution >= 4 is 22.8 Å². The maximum atomic E-state index is 13.1. The van der Waals surface area contributed by atoms with Crippen LogP contribution in [-0.2, 0) is 9.53 Å². The molecule has 1 aliphatic carbocycles. The molecule has 5 nitrogen and oxygen atoms in total. The van der Waals surface area contributed by atoms with Crippen molar-refractivity contribution in [3.63, 3.8) is 0 Å². The second-order valence-electron chi connectivity index (χ2n) is 6.56. The van der Waals surface area contributed by atoms with E-state index in [1.807, 2.05) is 37.3 Å². The predicted octanol–water partition coefficient (Wildman–Crippen LogP) is 3.35. The number of aryl methyl sites for hydroxylation is 1. The van der Waals surface area contributed by atoms with Gasteiger partial charge < -0.3 is 9.64 Å². The number of nitrogens with zero attached hydrogens (tertiary/aromatic N) is 2. The number of hydrogen-bond donors (Lipinski definition) is 0. The number of amides is 1. The monoisotopic (exact) mass is 340 g/mol. The standard InChI is InChI=1S/C20H24N2O3/c1-3-25-19(23)10-11-22(13-15-8-9-15)20(24)17-12-16-6-4-5-7-18(16)21-14(17)2/h4-7,12,15H,3,8-11,13H2,1-2H3. The van der Waals surface area contributed by atoms with E-state index in [2.05, 4.69) is 4.98 Å². The molecule has 0 unspecified atom stereocenters. The number of ether oxygens (including phenoxy) is 1. The fourth-order valence-corrected chi connectivity index (χ4v) is 2.95. The molecular weight excluding hydrogens is 316 g/mol. The van der Waals surface area contributed by atoms with E-state index in [0.29, 0.717) is 31.2 Å². The van der Waals surface area contributed by atoms with Crippen molar-refractivity contribution in [1.29, 1.82) is 0 Å². The first kappa shape index (κ1) is 17.4. The largest absolute Gasteiger partial charge is 0.466 e. The van der Waals surface area contributed by atoms with E-state index in [0.717, 1.165) is 29.4 Å². The summed E-state index contributed by atoms with van der Waals surface area (Å²) in [7, 11) is 0. The van der Waals surface area contributed by atoms with E-state index >= 15 is 0 Å². The quantitative estimate of drug-likeness (QED) is 0.725. The molecular formula is C20H24N2O3. The lowest BCUT2D eigenvalue weighted by atomic mass is 10.1. The lowest BCUT2D eigenvalue weighted by molar-refractivity contribution is -0.143. The highest BCUT2D eigenvalue weighted by Crippen LogP contribution is 2.30. The molecule has 0 N–H and O–H groups in total. The molecule has 1 aliphatic rings.